The lowest BCUT2D eigenvalue weighted by Crippen LogP contribution is -2.45. The third kappa shape index (κ3) is 5.20. The van der Waals surface area contributed by atoms with Gasteiger partial charge in [0.25, 0.3) is 12.1 Å². The zero-order valence-corrected chi connectivity index (χ0v) is 14.5. The molecule has 0 heterocycles. The molecule has 146 valence electrons. The molecule has 3 nitrogen and oxygen atoms in total. The van der Waals surface area contributed by atoms with Crippen LogP contribution in [0.2, 0.25) is 10.0 Å². The van der Waals surface area contributed by atoms with Crippen molar-refractivity contribution in [1.82, 2.24) is 0 Å². The number of carbonyl (C=O) groups is 1. The number of hydrogen-bond donors (Lipinski definition) is 1. The predicted molar refractivity (Wildman–Crippen MR) is 87.4 cm³/mol. The molecule has 0 aliphatic rings. The maximum atomic E-state index is 13.5. The van der Waals surface area contributed by atoms with Crippen LogP contribution in [0.15, 0.2) is 42.5 Å². The van der Waals surface area contributed by atoms with E-state index in [0.717, 1.165) is 18.2 Å². The fraction of sp³-hybridized carbons (Fsp3) is 0.188. The highest BCUT2D eigenvalue weighted by Gasteiger charge is 2.59. The van der Waals surface area contributed by atoms with Crippen LogP contribution >= 0.6 is 23.2 Å². The Morgan fingerprint density at radius 2 is 1.67 bits per heavy atom. The number of alkyl halides is 6. The topological polar surface area (TPSA) is 38.3 Å². The molecule has 0 aliphatic heterocycles. The first kappa shape index (κ1) is 21.2. The lowest BCUT2D eigenvalue weighted by atomic mass is 10.2. The van der Waals surface area contributed by atoms with Crippen LogP contribution in [0.1, 0.15) is 10.4 Å². The molecule has 11 heteroatoms. The van der Waals surface area contributed by atoms with E-state index in [1.165, 1.54) is 24.3 Å². The zero-order chi connectivity index (χ0) is 20.4. The largest absolute Gasteiger partial charge is 0.439 e. The van der Waals surface area contributed by atoms with E-state index in [0.29, 0.717) is 0 Å². The van der Waals surface area contributed by atoms with Crippen molar-refractivity contribution in [2.24, 2.45) is 0 Å². The summed E-state index contributed by atoms with van der Waals surface area (Å²) in [5, 5.41) is 2.34. The molecule has 2 aromatic rings. The number of carbonyl (C=O) groups excluding carboxylic acids is 1. The van der Waals surface area contributed by atoms with Crippen LogP contribution in [0.25, 0.3) is 0 Å². The lowest BCUT2D eigenvalue weighted by Gasteiger charge is -2.24. The molecule has 0 fully saturated rings. The number of hydrogen-bond acceptors (Lipinski definition) is 2. The highest BCUT2D eigenvalue weighted by molar-refractivity contribution is 6.37. The highest BCUT2D eigenvalue weighted by atomic mass is 35.5. The highest BCUT2D eigenvalue weighted by Crippen LogP contribution is 2.38. The number of para-hydroxylation sites is 2. The van der Waals surface area contributed by atoms with E-state index in [-0.39, 0.29) is 15.6 Å². The summed E-state index contributed by atoms with van der Waals surface area (Å²) in [6.45, 7) is 0. The standard InChI is InChI=1S/C16H9Cl2F6NO2/c17-8-5-6-9(10(18)7-8)13(26)25-11-3-1-2-4-12(11)27-16(23,24)14(19)15(20,21)22/h1-7,14H,(H,25,26)/t14-/m0/s1. The van der Waals surface area contributed by atoms with Gasteiger partial charge >= 0.3 is 12.3 Å². The average molecular weight is 432 g/mol. The van der Waals surface area contributed by atoms with Crippen LogP contribution in [-0.2, 0) is 0 Å². The van der Waals surface area contributed by atoms with Crippen molar-refractivity contribution in [3.05, 3.63) is 58.1 Å². The van der Waals surface area contributed by atoms with E-state index in [4.69, 9.17) is 23.2 Å². The molecule has 0 unspecified atom stereocenters. The summed E-state index contributed by atoms with van der Waals surface area (Å²) < 4.78 is 80.6. The van der Waals surface area contributed by atoms with Crippen molar-refractivity contribution in [2.75, 3.05) is 5.32 Å². The number of nitrogens with one attached hydrogen (secondary N) is 1. The number of anilines is 1. The second-order valence-electron chi connectivity index (χ2n) is 5.14. The van der Waals surface area contributed by atoms with Gasteiger partial charge in [-0.05, 0) is 30.3 Å². The number of ether oxygens (including phenoxy) is 1. The van der Waals surface area contributed by atoms with Crippen molar-refractivity contribution in [2.45, 2.75) is 18.5 Å². The molecule has 0 spiro atoms. The molecule has 2 aromatic carbocycles. The third-order valence-corrected chi connectivity index (χ3v) is 3.69. The van der Waals surface area contributed by atoms with Gasteiger partial charge in [-0.25, -0.2) is 4.39 Å². The number of benzene rings is 2. The summed E-state index contributed by atoms with van der Waals surface area (Å²) in [6, 6.07) is 8.21. The van der Waals surface area contributed by atoms with Gasteiger partial charge in [0.2, 0.25) is 0 Å². The number of rotatable bonds is 5. The Morgan fingerprint density at radius 3 is 2.26 bits per heavy atom. The van der Waals surface area contributed by atoms with E-state index in [9.17, 15) is 31.1 Å². The Kier molecular flexibility index (Phi) is 6.16. The van der Waals surface area contributed by atoms with E-state index in [1.54, 1.807) is 0 Å². The fourth-order valence-corrected chi connectivity index (χ4v) is 2.41. The minimum Gasteiger partial charge on any atom is -0.428 e. The Bertz CT molecular complexity index is 844. The monoisotopic (exact) mass is 431 g/mol. The molecular formula is C16H9Cl2F6NO2. The summed E-state index contributed by atoms with van der Waals surface area (Å²) in [7, 11) is 0. The van der Waals surface area contributed by atoms with E-state index in [2.05, 4.69) is 10.1 Å². The molecule has 1 atom stereocenters. The van der Waals surface area contributed by atoms with Gasteiger partial charge in [-0.15, -0.1) is 0 Å². The minimum atomic E-state index is -5.83. The first-order valence-corrected chi connectivity index (χ1v) is 7.80. The molecule has 1 amide bonds. The molecule has 0 aromatic heterocycles. The van der Waals surface area contributed by atoms with E-state index < -0.39 is 35.8 Å². The molecule has 0 saturated heterocycles. The smallest absolute Gasteiger partial charge is 0.428 e. The van der Waals surface area contributed by atoms with Gasteiger partial charge < -0.3 is 10.1 Å². The average Bonchev–Trinajstić information content (AvgIpc) is 2.54. The van der Waals surface area contributed by atoms with Gasteiger partial charge in [0.15, 0.2) is 0 Å². The van der Waals surface area contributed by atoms with Crippen LogP contribution in [0.4, 0.5) is 32.0 Å². The number of halogens is 8. The Labute approximate surface area is 158 Å². The Balaban J connectivity index is 2.26. The maximum Gasteiger partial charge on any atom is 0.439 e. The maximum absolute atomic E-state index is 13.5. The molecule has 0 aliphatic carbocycles. The van der Waals surface area contributed by atoms with Crippen LogP contribution in [0.3, 0.4) is 0 Å². The van der Waals surface area contributed by atoms with E-state index >= 15 is 0 Å². The predicted octanol–water partition coefficient (Wildman–Crippen LogP) is 6.12. The second-order valence-corrected chi connectivity index (χ2v) is 5.99. The molecular weight excluding hydrogens is 423 g/mol. The molecule has 2 rings (SSSR count). The Hall–Kier alpha value is -2.13. The molecule has 0 saturated carbocycles. The van der Waals surface area contributed by atoms with Gasteiger partial charge in [-0.3, -0.25) is 4.79 Å². The van der Waals surface area contributed by atoms with Crippen molar-refractivity contribution >= 4 is 34.8 Å². The summed E-state index contributed by atoms with van der Waals surface area (Å²) >= 11 is 11.6. The molecule has 0 bridgehead atoms. The summed E-state index contributed by atoms with van der Waals surface area (Å²) in [5.74, 6) is -1.74. The molecule has 0 radical (unpaired) electrons. The van der Waals surface area contributed by atoms with Gasteiger partial charge in [0.05, 0.1) is 16.3 Å². The first-order chi connectivity index (χ1) is 12.4. The van der Waals surface area contributed by atoms with Gasteiger partial charge in [0, 0.05) is 5.02 Å². The summed E-state index contributed by atoms with van der Waals surface area (Å²) in [5.41, 5.74) is -0.496. The fourth-order valence-electron chi connectivity index (χ4n) is 1.91. The van der Waals surface area contributed by atoms with Crippen LogP contribution in [-0.4, -0.2) is 24.4 Å². The van der Waals surface area contributed by atoms with Crippen molar-refractivity contribution in [3.8, 4) is 5.75 Å². The second kappa shape index (κ2) is 7.85. The van der Waals surface area contributed by atoms with Gasteiger partial charge in [-0.1, -0.05) is 35.3 Å². The quantitative estimate of drug-likeness (QED) is 0.579. The minimum absolute atomic E-state index is 0.0513. The van der Waals surface area contributed by atoms with Gasteiger partial charge in [0.1, 0.15) is 5.75 Å². The van der Waals surface area contributed by atoms with Crippen LogP contribution < -0.4 is 10.1 Å². The zero-order valence-electron chi connectivity index (χ0n) is 13.0. The lowest BCUT2D eigenvalue weighted by molar-refractivity contribution is -0.304. The normalized spacial score (nSPS) is 13.2. The number of amides is 1. The molecule has 1 N–H and O–H groups in total. The Morgan fingerprint density at radius 1 is 1.04 bits per heavy atom. The third-order valence-electron chi connectivity index (χ3n) is 3.14. The van der Waals surface area contributed by atoms with Gasteiger partial charge in [-0.2, -0.15) is 22.0 Å². The van der Waals surface area contributed by atoms with Crippen molar-refractivity contribution in [3.63, 3.8) is 0 Å². The van der Waals surface area contributed by atoms with Crippen LogP contribution in [0, 0.1) is 0 Å². The van der Waals surface area contributed by atoms with E-state index in [1.807, 2.05) is 0 Å². The van der Waals surface area contributed by atoms with Crippen molar-refractivity contribution < 1.29 is 35.9 Å². The summed E-state index contributed by atoms with van der Waals surface area (Å²) in [4.78, 5) is 12.2. The van der Waals surface area contributed by atoms with Crippen molar-refractivity contribution in [1.29, 1.82) is 0 Å². The molecule has 27 heavy (non-hydrogen) atoms. The summed E-state index contributed by atoms with van der Waals surface area (Å²) in [6.07, 6.45) is -15.6. The van der Waals surface area contributed by atoms with Crippen LogP contribution in [0.5, 0.6) is 5.75 Å². The SMILES string of the molecule is O=C(Nc1ccccc1OC(F)(F)[C@@H](F)C(F)(F)F)c1ccc(Cl)cc1Cl. The first-order valence-electron chi connectivity index (χ1n) is 7.05.